The van der Waals surface area contributed by atoms with Gasteiger partial charge in [0.1, 0.15) is 24.6 Å². The summed E-state index contributed by atoms with van der Waals surface area (Å²) in [6, 6.07) is 7.87. The van der Waals surface area contributed by atoms with Gasteiger partial charge in [0.15, 0.2) is 5.02 Å². The van der Waals surface area contributed by atoms with Crippen LogP contribution in [0.3, 0.4) is 0 Å². The second-order valence-corrected chi connectivity index (χ2v) is 7.94. The molecule has 0 aliphatic carbocycles. The molecule has 0 saturated heterocycles. The van der Waals surface area contributed by atoms with Crippen molar-refractivity contribution < 1.29 is 23.4 Å². The van der Waals surface area contributed by atoms with Crippen LogP contribution in [0.2, 0.25) is 5.02 Å². The molecule has 10 heteroatoms. The zero-order chi connectivity index (χ0) is 24.1. The van der Waals surface area contributed by atoms with Crippen LogP contribution in [0.25, 0.3) is 5.69 Å². The Bertz CT molecular complexity index is 1230. The molecule has 0 spiro atoms. The molecular formula is C23H22ClF2N3O4. The van der Waals surface area contributed by atoms with Gasteiger partial charge in [-0.15, -0.1) is 0 Å². The lowest BCUT2D eigenvalue weighted by Crippen LogP contribution is -2.29. The lowest BCUT2D eigenvalue weighted by Gasteiger charge is -2.14. The standard InChI is InChI=1S/C23H22ClF2N3O4/c1-13(10-30)9-27-21(31)15-4-3-14(2)19(7-15)29-12-28-22(20(24)23(29)32)33-11-16-5-6-17(25)8-18(16)26/h3-8,12-13,30H,9-11H2,1-2H3,(H,27,31)/t13-/m0/s1. The molecular weight excluding hydrogens is 456 g/mol. The summed E-state index contributed by atoms with van der Waals surface area (Å²) < 4.78 is 33.4. The summed E-state index contributed by atoms with van der Waals surface area (Å²) in [5.74, 6) is -2.17. The van der Waals surface area contributed by atoms with Gasteiger partial charge in [0, 0.05) is 30.3 Å². The van der Waals surface area contributed by atoms with Gasteiger partial charge in [-0.1, -0.05) is 24.6 Å². The van der Waals surface area contributed by atoms with Crippen LogP contribution in [-0.2, 0) is 6.61 Å². The number of aryl methyl sites for hydroxylation is 1. The lowest BCUT2D eigenvalue weighted by molar-refractivity contribution is 0.0942. The second kappa shape index (κ2) is 10.5. The van der Waals surface area contributed by atoms with Gasteiger partial charge >= 0.3 is 0 Å². The normalized spacial score (nSPS) is 11.8. The number of nitrogens with one attached hydrogen (secondary N) is 1. The maximum Gasteiger partial charge on any atom is 0.280 e. The number of aliphatic hydroxyl groups is 1. The summed E-state index contributed by atoms with van der Waals surface area (Å²) in [6.45, 7) is 3.49. The number of nitrogens with zero attached hydrogens (tertiary/aromatic N) is 2. The van der Waals surface area contributed by atoms with Gasteiger partial charge in [-0.05, 0) is 42.7 Å². The summed E-state index contributed by atoms with van der Waals surface area (Å²) >= 11 is 6.16. The predicted molar refractivity (Wildman–Crippen MR) is 119 cm³/mol. The van der Waals surface area contributed by atoms with Crippen molar-refractivity contribution in [3.63, 3.8) is 0 Å². The number of rotatable bonds is 8. The third-order valence-corrected chi connectivity index (χ3v) is 5.24. The van der Waals surface area contributed by atoms with E-state index in [2.05, 4.69) is 10.3 Å². The molecule has 2 N–H and O–H groups in total. The van der Waals surface area contributed by atoms with Crippen LogP contribution in [0.5, 0.6) is 5.88 Å². The minimum absolute atomic E-state index is 0.0544. The Morgan fingerprint density at radius 3 is 2.73 bits per heavy atom. The fourth-order valence-electron chi connectivity index (χ4n) is 2.92. The number of hydrogen-bond acceptors (Lipinski definition) is 5. The number of ether oxygens (including phenoxy) is 1. The largest absolute Gasteiger partial charge is 0.471 e. The van der Waals surface area contributed by atoms with Crippen molar-refractivity contribution in [3.05, 3.63) is 86.4 Å². The number of amides is 1. The Balaban J connectivity index is 1.84. The van der Waals surface area contributed by atoms with Crippen molar-refractivity contribution in [2.45, 2.75) is 20.5 Å². The van der Waals surface area contributed by atoms with E-state index in [-0.39, 0.29) is 41.5 Å². The first-order valence-electron chi connectivity index (χ1n) is 10.0. The highest BCUT2D eigenvalue weighted by Gasteiger charge is 2.16. The summed E-state index contributed by atoms with van der Waals surface area (Å²) in [5.41, 5.74) is 0.834. The minimum atomic E-state index is -0.793. The third-order valence-electron chi connectivity index (χ3n) is 4.92. The van der Waals surface area contributed by atoms with Crippen LogP contribution in [0, 0.1) is 24.5 Å². The van der Waals surface area contributed by atoms with E-state index in [9.17, 15) is 18.4 Å². The average Bonchev–Trinajstić information content (AvgIpc) is 2.79. The monoisotopic (exact) mass is 477 g/mol. The summed E-state index contributed by atoms with van der Waals surface area (Å²) in [7, 11) is 0. The van der Waals surface area contributed by atoms with Crippen LogP contribution < -0.4 is 15.6 Å². The van der Waals surface area contributed by atoms with E-state index in [1.807, 2.05) is 0 Å². The van der Waals surface area contributed by atoms with Crippen molar-refractivity contribution in [2.24, 2.45) is 5.92 Å². The Hall–Kier alpha value is -3.30. The maximum atomic E-state index is 13.8. The van der Waals surface area contributed by atoms with Crippen LogP contribution in [0.4, 0.5) is 8.78 Å². The Morgan fingerprint density at radius 1 is 1.27 bits per heavy atom. The van der Waals surface area contributed by atoms with Crippen molar-refractivity contribution in [3.8, 4) is 11.6 Å². The van der Waals surface area contributed by atoms with Crippen molar-refractivity contribution in [2.75, 3.05) is 13.2 Å². The van der Waals surface area contributed by atoms with Crippen LogP contribution in [0.15, 0.2) is 47.5 Å². The highest BCUT2D eigenvalue weighted by Crippen LogP contribution is 2.22. The van der Waals surface area contributed by atoms with Gasteiger partial charge in [-0.3, -0.25) is 14.2 Å². The number of benzene rings is 2. The molecule has 0 bridgehead atoms. The van der Waals surface area contributed by atoms with Gasteiger partial charge in [0.2, 0.25) is 5.88 Å². The lowest BCUT2D eigenvalue weighted by atomic mass is 10.1. The second-order valence-electron chi connectivity index (χ2n) is 7.56. The summed E-state index contributed by atoms with van der Waals surface area (Å²) in [6.07, 6.45) is 1.20. The molecule has 0 radical (unpaired) electrons. The molecule has 174 valence electrons. The average molecular weight is 478 g/mol. The zero-order valence-electron chi connectivity index (χ0n) is 17.9. The van der Waals surface area contributed by atoms with Crippen LogP contribution in [-0.4, -0.2) is 33.7 Å². The smallest absolute Gasteiger partial charge is 0.280 e. The van der Waals surface area contributed by atoms with E-state index >= 15 is 0 Å². The first kappa shape index (κ1) is 24.3. The topological polar surface area (TPSA) is 93.5 Å². The van der Waals surface area contributed by atoms with Gasteiger partial charge in [-0.2, -0.15) is 0 Å². The van der Waals surface area contributed by atoms with Crippen molar-refractivity contribution in [1.82, 2.24) is 14.9 Å². The highest BCUT2D eigenvalue weighted by atomic mass is 35.5. The molecule has 0 aliphatic rings. The van der Waals surface area contributed by atoms with Crippen molar-refractivity contribution in [1.29, 1.82) is 0 Å². The van der Waals surface area contributed by atoms with Crippen molar-refractivity contribution >= 4 is 17.5 Å². The number of carbonyl (C=O) groups excluding carboxylic acids is 1. The molecule has 0 saturated carbocycles. The molecule has 3 aromatic rings. The number of carbonyl (C=O) groups is 1. The Kier molecular flexibility index (Phi) is 7.78. The van der Waals surface area contributed by atoms with E-state index in [0.29, 0.717) is 23.4 Å². The zero-order valence-corrected chi connectivity index (χ0v) is 18.7. The molecule has 2 aromatic carbocycles. The van der Waals surface area contributed by atoms with E-state index in [0.717, 1.165) is 12.1 Å². The van der Waals surface area contributed by atoms with E-state index in [1.54, 1.807) is 26.0 Å². The van der Waals surface area contributed by atoms with Gasteiger partial charge in [0.25, 0.3) is 11.5 Å². The molecule has 1 atom stereocenters. The number of halogens is 3. The SMILES string of the molecule is Cc1ccc(C(=O)NC[C@H](C)CO)cc1-n1cnc(OCc2ccc(F)cc2F)c(Cl)c1=O. The maximum absolute atomic E-state index is 13.8. The molecule has 1 amide bonds. The van der Waals surface area contributed by atoms with Gasteiger partial charge in [-0.25, -0.2) is 13.8 Å². The summed E-state index contributed by atoms with van der Waals surface area (Å²) in [5, 5.41) is 11.5. The predicted octanol–water partition coefficient (Wildman–Crippen LogP) is 3.41. The molecule has 7 nitrogen and oxygen atoms in total. The molecule has 1 heterocycles. The molecule has 0 fully saturated rings. The Morgan fingerprint density at radius 2 is 2.03 bits per heavy atom. The fraction of sp³-hybridized carbons (Fsp3) is 0.261. The molecule has 3 rings (SSSR count). The van der Waals surface area contributed by atoms with Gasteiger partial charge < -0.3 is 15.2 Å². The first-order valence-corrected chi connectivity index (χ1v) is 10.4. The molecule has 0 unspecified atom stereocenters. The Labute approximate surface area is 193 Å². The fourth-order valence-corrected chi connectivity index (χ4v) is 3.11. The number of aromatic nitrogens is 2. The first-order chi connectivity index (χ1) is 15.7. The summed E-state index contributed by atoms with van der Waals surface area (Å²) in [4.78, 5) is 29.3. The van der Waals surface area contributed by atoms with E-state index in [1.165, 1.54) is 23.0 Å². The van der Waals surface area contributed by atoms with E-state index < -0.39 is 17.2 Å². The van der Waals surface area contributed by atoms with Crippen LogP contribution in [0.1, 0.15) is 28.4 Å². The van der Waals surface area contributed by atoms with E-state index in [4.69, 9.17) is 21.4 Å². The molecule has 0 aliphatic heterocycles. The molecule has 1 aromatic heterocycles. The van der Waals surface area contributed by atoms with Crippen LogP contribution >= 0.6 is 11.6 Å². The molecule has 33 heavy (non-hydrogen) atoms. The minimum Gasteiger partial charge on any atom is -0.471 e. The van der Waals surface area contributed by atoms with Gasteiger partial charge in [0.05, 0.1) is 5.69 Å². The quantitative estimate of drug-likeness (QED) is 0.518. The highest BCUT2D eigenvalue weighted by molar-refractivity contribution is 6.31. The third kappa shape index (κ3) is 5.74. The number of aliphatic hydroxyl groups excluding tert-OH is 1. The number of hydrogen-bond donors (Lipinski definition) is 2.